The molecule has 2 N–H and O–H groups in total. The van der Waals surface area contributed by atoms with Crippen LogP contribution in [0.15, 0.2) is 42.6 Å². The van der Waals surface area contributed by atoms with E-state index in [-0.39, 0.29) is 11.9 Å². The molecule has 126 valence electrons. The van der Waals surface area contributed by atoms with Gasteiger partial charge in [-0.05, 0) is 37.3 Å². The minimum Gasteiger partial charge on any atom is -0.343 e. The molecule has 0 aliphatic rings. The maximum atomic E-state index is 12.7. The van der Waals surface area contributed by atoms with Crippen molar-refractivity contribution in [2.24, 2.45) is 7.05 Å². The van der Waals surface area contributed by atoms with Crippen LogP contribution in [0.1, 0.15) is 29.1 Å². The number of aromatic nitrogens is 4. The van der Waals surface area contributed by atoms with Gasteiger partial charge in [0.15, 0.2) is 0 Å². The number of nitrogens with zero attached hydrogens (tertiary/aromatic N) is 3. The van der Waals surface area contributed by atoms with Crippen LogP contribution < -0.4 is 5.32 Å². The zero-order valence-corrected chi connectivity index (χ0v) is 14.5. The second-order valence-electron chi connectivity index (χ2n) is 6.03. The van der Waals surface area contributed by atoms with Crippen LogP contribution in [-0.2, 0) is 7.05 Å². The number of halogens is 1. The second-order valence-corrected chi connectivity index (χ2v) is 6.46. The standard InChI is InChI=1S/C18H16ClN5O/c1-10(13-5-6-14-15(22-13)9-20-23-14)21-18(25)17-7-11-3-4-12(19)8-16(11)24(17)2/h3-10H,1-2H3,(H,20,23)(H,21,25). The van der Waals surface area contributed by atoms with Crippen molar-refractivity contribution in [1.82, 2.24) is 25.1 Å². The van der Waals surface area contributed by atoms with Crippen molar-refractivity contribution in [3.63, 3.8) is 0 Å². The quantitative estimate of drug-likeness (QED) is 0.591. The summed E-state index contributed by atoms with van der Waals surface area (Å²) < 4.78 is 1.84. The number of amides is 1. The number of carbonyl (C=O) groups excluding carboxylic acids is 1. The minimum atomic E-state index is -0.228. The molecule has 0 bridgehead atoms. The topological polar surface area (TPSA) is 75.6 Å². The first-order chi connectivity index (χ1) is 12.0. The number of aromatic amines is 1. The molecule has 0 aliphatic carbocycles. The maximum absolute atomic E-state index is 12.7. The monoisotopic (exact) mass is 353 g/mol. The predicted molar refractivity (Wildman–Crippen MR) is 97.7 cm³/mol. The molecule has 0 spiro atoms. The van der Waals surface area contributed by atoms with Gasteiger partial charge in [-0.2, -0.15) is 5.10 Å². The molecule has 3 heterocycles. The molecular weight excluding hydrogens is 338 g/mol. The molecule has 0 saturated carbocycles. The highest BCUT2D eigenvalue weighted by Gasteiger charge is 2.17. The molecule has 6 nitrogen and oxygen atoms in total. The Balaban J connectivity index is 1.61. The zero-order chi connectivity index (χ0) is 17.6. The third-order valence-electron chi connectivity index (χ3n) is 4.35. The molecule has 0 radical (unpaired) electrons. The molecule has 1 aromatic carbocycles. The highest BCUT2D eigenvalue weighted by Crippen LogP contribution is 2.23. The molecule has 1 unspecified atom stereocenters. The summed E-state index contributed by atoms with van der Waals surface area (Å²) in [6.07, 6.45) is 1.67. The average molecular weight is 354 g/mol. The number of benzene rings is 1. The van der Waals surface area contributed by atoms with E-state index in [9.17, 15) is 4.79 Å². The fourth-order valence-electron chi connectivity index (χ4n) is 2.95. The summed E-state index contributed by atoms with van der Waals surface area (Å²) in [6, 6.07) is 11.0. The van der Waals surface area contributed by atoms with Crippen molar-refractivity contribution >= 4 is 39.4 Å². The van der Waals surface area contributed by atoms with Crippen molar-refractivity contribution in [3.8, 4) is 0 Å². The Bertz CT molecular complexity index is 1100. The van der Waals surface area contributed by atoms with Crippen LogP contribution in [0.2, 0.25) is 5.02 Å². The van der Waals surface area contributed by atoms with E-state index in [2.05, 4.69) is 20.5 Å². The van der Waals surface area contributed by atoms with Crippen LogP contribution in [0.4, 0.5) is 0 Å². The summed E-state index contributed by atoms with van der Waals surface area (Å²) in [6.45, 7) is 1.91. The van der Waals surface area contributed by atoms with Gasteiger partial charge in [0, 0.05) is 23.0 Å². The van der Waals surface area contributed by atoms with E-state index in [4.69, 9.17) is 11.6 Å². The summed E-state index contributed by atoms with van der Waals surface area (Å²) >= 11 is 6.05. The number of rotatable bonds is 3. The van der Waals surface area contributed by atoms with Crippen LogP contribution in [0.25, 0.3) is 21.9 Å². The van der Waals surface area contributed by atoms with Crippen molar-refractivity contribution in [1.29, 1.82) is 0 Å². The maximum Gasteiger partial charge on any atom is 0.268 e. The molecule has 0 saturated heterocycles. The van der Waals surface area contributed by atoms with Gasteiger partial charge in [-0.3, -0.25) is 9.89 Å². The molecule has 7 heteroatoms. The molecule has 3 aromatic heterocycles. The number of aryl methyl sites for hydroxylation is 1. The summed E-state index contributed by atoms with van der Waals surface area (Å²) in [4.78, 5) is 17.2. The van der Waals surface area contributed by atoms with E-state index in [0.717, 1.165) is 27.6 Å². The van der Waals surface area contributed by atoms with E-state index < -0.39 is 0 Å². The number of fused-ring (bicyclic) bond motifs is 2. The number of hydrogen-bond acceptors (Lipinski definition) is 3. The second kappa shape index (κ2) is 5.89. The van der Waals surface area contributed by atoms with E-state index >= 15 is 0 Å². The lowest BCUT2D eigenvalue weighted by Crippen LogP contribution is -2.28. The van der Waals surface area contributed by atoms with Gasteiger partial charge in [0.25, 0.3) is 5.91 Å². The van der Waals surface area contributed by atoms with E-state index in [1.165, 1.54) is 0 Å². The highest BCUT2D eigenvalue weighted by atomic mass is 35.5. The molecule has 1 atom stereocenters. The van der Waals surface area contributed by atoms with Gasteiger partial charge in [0.1, 0.15) is 11.2 Å². The SMILES string of the molecule is CC(NC(=O)c1cc2ccc(Cl)cc2n1C)c1ccc2[nH]ncc2n1. The number of carbonyl (C=O) groups is 1. The van der Waals surface area contributed by atoms with Crippen molar-refractivity contribution in [2.45, 2.75) is 13.0 Å². The first-order valence-electron chi connectivity index (χ1n) is 7.89. The Morgan fingerprint density at radius 3 is 2.96 bits per heavy atom. The van der Waals surface area contributed by atoms with E-state index in [1.54, 1.807) is 6.20 Å². The summed E-state index contributed by atoms with van der Waals surface area (Å²) in [7, 11) is 1.86. The minimum absolute atomic E-state index is 0.156. The lowest BCUT2D eigenvalue weighted by atomic mass is 10.2. The van der Waals surface area contributed by atoms with Crippen LogP contribution in [0.5, 0.6) is 0 Å². The Morgan fingerprint density at radius 1 is 1.28 bits per heavy atom. The molecule has 4 rings (SSSR count). The first kappa shape index (κ1) is 15.7. The van der Waals surface area contributed by atoms with Crippen LogP contribution in [0.3, 0.4) is 0 Å². The highest BCUT2D eigenvalue weighted by molar-refractivity contribution is 6.31. The van der Waals surface area contributed by atoms with Gasteiger partial charge >= 0.3 is 0 Å². The number of pyridine rings is 1. The molecule has 0 fully saturated rings. The third-order valence-corrected chi connectivity index (χ3v) is 4.58. The summed E-state index contributed by atoms with van der Waals surface area (Å²) in [5.41, 5.74) is 3.92. The van der Waals surface area contributed by atoms with E-state index in [1.807, 2.05) is 54.9 Å². The first-order valence-corrected chi connectivity index (χ1v) is 8.26. The van der Waals surface area contributed by atoms with Gasteiger partial charge in [-0.1, -0.05) is 17.7 Å². The predicted octanol–water partition coefficient (Wildman–Crippen LogP) is 3.59. The Kier molecular flexibility index (Phi) is 3.69. The fourth-order valence-corrected chi connectivity index (χ4v) is 3.12. The average Bonchev–Trinajstić information content (AvgIpc) is 3.19. The van der Waals surface area contributed by atoms with Gasteiger partial charge in [-0.25, -0.2) is 4.98 Å². The van der Waals surface area contributed by atoms with Crippen LogP contribution in [-0.4, -0.2) is 25.7 Å². The molecular formula is C18H16ClN5O. The van der Waals surface area contributed by atoms with E-state index in [0.29, 0.717) is 10.7 Å². The number of nitrogens with one attached hydrogen (secondary N) is 2. The zero-order valence-electron chi connectivity index (χ0n) is 13.7. The van der Waals surface area contributed by atoms with Crippen LogP contribution in [0, 0.1) is 0 Å². The lowest BCUT2D eigenvalue weighted by Gasteiger charge is -2.14. The Morgan fingerprint density at radius 2 is 2.12 bits per heavy atom. The third kappa shape index (κ3) is 2.74. The van der Waals surface area contributed by atoms with Crippen molar-refractivity contribution < 1.29 is 4.79 Å². The number of hydrogen-bond donors (Lipinski definition) is 2. The lowest BCUT2D eigenvalue weighted by molar-refractivity contribution is 0.0931. The van der Waals surface area contributed by atoms with Gasteiger partial charge in [0.05, 0.1) is 23.4 Å². The van der Waals surface area contributed by atoms with Gasteiger partial charge < -0.3 is 9.88 Å². The molecule has 4 aromatic rings. The van der Waals surface area contributed by atoms with Gasteiger partial charge in [0.2, 0.25) is 0 Å². The van der Waals surface area contributed by atoms with Crippen molar-refractivity contribution in [3.05, 3.63) is 59.0 Å². The Labute approximate surface area is 148 Å². The van der Waals surface area contributed by atoms with Crippen molar-refractivity contribution in [2.75, 3.05) is 0 Å². The number of H-pyrrole nitrogens is 1. The molecule has 25 heavy (non-hydrogen) atoms. The summed E-state index contributed by atoms with van der Waals surface area (Å²) in [5, 5.41) is 11.4. The van der Waals surface area contributed by atoms with Gasteiger partial charge in [-0.15, -0.1) is 0 Å². The smallest absolute Gasteiger partial charge is 0.268 e. The Hall–Kier alpha value is -2.86. The largest absolute Gasteiger partial charge is 0.343 e. The fraction of sp³-hybridized carbons (Fsp3) is 0.167. The molecule has 1 amide bonds. The molecule has 0 aliphatic heterocycles. The summed E-state index contributed by atoms with van der Waals surface area (Å²) in [5.74, 6) is -0.156. The van der Waals surface area contributed by atoms with Crippen LogP contribution >= 0.6 is 11.6 Å². The normalized spacial score (nSPS) is 12.6.